The van der Waals surface area contributed by atoms with Crippen LogP contribution < -0.4 is 5.73 Å². The van der Waals surface area contributed by atoms with E-state index in [2.05, 4.69) is 0 Å². The number of nitrogens with zero attached hydrogens (tertiary/aromatic N) is 1. The van der Waals surface area contributed by atoms with Crippen LogP contribution in [0.5, 0.6) is 0 Å². The lowest BCUT2D eigenvalue weighted by Crippen LogP contribution is -2.26. The van der Waals surface area contributed by atoms with Gasteiger partial charge in [0.15, 0.2) is 0 Å². The lowest BCUT2D eigenvalue weighted by atomic mass is 10.3. The summed E-state index contributed by atoms with van der Waals surface area (Å²) >= 11 is 0. The Balaban J connectivity index is 2.28. The van der Waals surface area contributed by atoms with Crippen molar-refractivity contribution in [3.63, 3.8) is 0 Å². The molecule has 0 saturated heterocycles. The van der Waals surface area contributed by atoms with E-state index in [0.29, 0.717) is 5.76 Å². The summed E-state index contributed by atoms with van der Waals surface area (Å²) in [5.74, 6) is -0.255. The Morgan fingerprint density at radius 1 is 1.37 bits per heavy atom. The molecule has 0 radical (unpaired) electrons. The van der Waals surface area contributed by atoms with Crippen LogP contribution in [0.1, 0.15) is 5.76 Å². The normalized spacial score (nSPS) is 11.9. The maximum absolute atomic E-state index is 13.3. The number of nitrogens with two attached hydrogens (primary N) is 1. The molecular weight excluding hydrogens is 271 g/mol. The van der Waals surface area contributed by atoms with E-state index < -0.39 is 15.8 Å². The number of rotatable bonds is 4. The van der Waals surface area contributed by atoms with Crippen LogP contribution in [-0.4, -0.2) is 19.8 Å². The zero-order valence-electron chi connectivity index (χ0n) is 10.2. The van der Waals surface area contributed by atoms with Crippen molar-refractivity contribution in [1.82, 2.24) is 4.31 Å². The summed E-state index contributed by atoms with van der Waals surface area (Å²) in [6.45, 7) is 0.0708. The first-order chi connectivity index (χ1) is 8.91. The minimum absolute atomic E-state index is 0.0708. The van der Waals surface area contributed by atoms with Crippen LogP contribution in [0.3, 0.4) is 0 Å². The third-order valence-electron chi connectivity index (χ3n) is 2.64. The summed E-state index contributed by atoms with van der Waals surface area (Å²) in [6, 6.07) is 6.73. The Morgan fingerprint density at radius 2 is 2.11 bits per heavy atom. The van der Waals surface area contributed by atoms with E-state index in [1.165, 1.54) is 25.4 Å². The maximum atomic E-state index is 13.3. The number of anilines is 1. The van der Waals surface area contributed by atoms with Crippen LogP contribution in [-0.2, 0) is 16.6 Å². The van der Waals surface area contributed by atoms with Gasteiger partial charge in [-0.2, -0.15) is 4.31 Å². The largest absolute Gasteiger partial charge is 0.468 e. The highest BCUT2D eigenvalue weighted by molar-refractivity contribution is 7.89. The van der Waals surface area contributed by atoms with E-state index in [-0.39, 0.29) is 17.1 Å². The molecule has 0 aliphatic rings. The van der Waals surface area contributed by atoms with E-state index in [1.807, 2.05) is 0 Å². The molecule has 1 aromatic heterocycles. The Bertz CT molecular complexity index is 668. The molecule has 0 saturated carbocycles. The molecule has 5 nitrogen and oxygen atoms in total. The van der Waals surface area contributed by atoms with Gasteiger partial charge in [-0.15, -0.1) is 0 Å². The summed E-state index contributed by atoms with van der Waals surface area (Å²) in [5, 5.41) is 0. The zero-order chi connectivity index (χ0) is 14.0. The number of halogens is 1. The van der Waals surface area contributed by atoms with E-state index in [9.17, 15) is 12.8 Å². The fraction of sp³-hybridized carbons (Fsp3) is 0.167. The quantitative estimate of drug-likeness (QED) is 0.869. The van der Waals surface area contributed by atoms with Crippen LogP contribution >= 0.6 is 0 Å². The fourth-order valence-electron chi connectivity index (χ4n) is 1.56. The smallest absolute Gasteiger partial charge is 0.243 e. The van der Waals surface area contributed by atoms with Crippen LogP contribution in [0.15, 0.2) is 45.9 Å². The number of sulfonamides is 1. The molecule has 0 aliphatic carbocycles. The average molecular weight is 284 g/mol. The summed E-state index contributed by atoms with van der Waals surface area (Å²) in [7, 11) is -2.38. The molecule has 1 aromatic carbocycles. The highest BCUT2D eigenvalue weighted by atomic mass is 32.2. The van der Waals surface area contributed by atoms with Gasteiger partial charge in [0.1, 0.15) is 11.6 Å². The Kier molecular flexibility index (Phi) is 3.59. The lowest BCUT2D eigenvalue weighted by molar-refractivity contribution is 0.406. The van der Waals surface area contributed by atoms with E-state index in [1.54, 1.807) is 12.1 Å². The van der Waals surface area contributed by atoms with Crippen LogP contribution in [0.2, 0.25) is 0 Å². The van der Waals surface area contributed by atoms with Gasteiger partial charge in [0.2, 0.25) is 10.0 Å². The second-order valence-electron chi connectivity index (χ2n) is 4.02. The van der Waals surface area contributed by atoms with Crippen LogP contribution in [0.4, 0.5) is 10.1 Å². The topological polar surface area (TPSA) is 76.5 Å². The second kappa shape index (κ2) is 5.02. The summed E-state index contributed by atoms with van der Waals surface area (Å²) in [4.78, 5) is -0.145. The molecule has 0 aliphatic heterocycles. The molecule has 2 N–H and O–H groups in total. The number of hydrogen-bond donors (Lipinski definition) is 1. The van der Waals surface area contributed by atoms with Crippen molar-refractivity contribution in [2.24, 2.45) is 0 Å². The SMILES string of the molecule is CN(Cc1ccco1)S(=O)(=O)c1ccc(N)c(F)c1. The van der Waals surface area contributed by atoms with Gasteiger partial charge >= 0.3 is 0 Å². The molecule has 2 rings (SSSR count). The minimum atomic E-state index is -3.78. The lowest BCUT2D eigenvalue weighted by Gasteiger charge is -2.16. The Hall–Kier alpha value is -1.86. The van der Waals surface area contributed by atoms with Crippen LogP contribution in [0, 0.1) is 5.82 Å². The van der Waals surface area contributed by atoms with Crippen molar-refractivity contribution in [3.05, 3.63) is 48.2 Å². The van der Waals surface area contributed by atoms with Crippen molar-refractivity contribution >= 4 is 15.7 Å². The monoisotopic (exact) mass is 284 g/mol. The van der Waals surface area contributed by atoms with Gasteiger partial charge in [0.05, 0.1) is 23.4 Å². The fourth-order valence-corrected chi connectivity index (χ4v) is 2.70. The third-order valence-corrected chi connectivity index (χ3v) is 4.44. The number of benzene rings is 1. The van der Waals surface area contributed by atoms with Gasteiger partial charge in [0.25, 0.3) is 0 Å². The first kappa shape index (κ1) is 13.6. The van der Waals surface area contributed by atoms with Gasteiger partial charge < -0.3 is 10.2 Å². The van der Waals surface area contributed by atoms with Gasteiger partial charge in [-0.05, 0) is 30.3 Å². The molecule has 102 valence electrons. The first-order valence-electron chi connectivity index (χ1n) is 5.45. The third kappa shape index (κ3) is 2.77. The minimum Gasteiger partial charge on any atom is -0.468 e. The van der Waals surface area contributed by atoms with Crippen molar-refractivity contribution < 1.29 is 17.2 Å². The molecule has 1 heterocycles. The molecule has 19 heavy (non-hydrogen) atoms. The molecule has 0 fully saturated rings. The highest BCUT2D eigenvalue weighted by Gasteiger charge is 2.22. The number of furan rings is 1. The van der Waals surface area contributed by atoms with E-state index in [4.69, 9.17) is 10.2 Å². The molecule has 2 aromatic rings. The predicted molar refractivity (Wildman–Crippen MR) is 68.2 cm³/mol. The van der Waals surface area contributed by atoms with Crippen molar-refractivity contribution in [2.75, 3.05) is 12.8 Å². The van der Waals surface area contributed by atoms with Gasteiger partial charge in [-0.1, -0.05) is 0 Å². The van der Waals surface area contributed by atoms with E-state index >= 15 is 0 Å². The standard InChI is InChI=1S/C12H13FN2O3S/c1-15(8-9-3-2-6-18-9)19(16,17)10-4-5-12(14)11(13)7-10/h2-7H,8,14H2,1H3. The summed E-state index contributed by atoms with van der Waals surface area (Å²) in [5.41, 5.74) is 5.23. The zero-order valence-corrected chi connectivity index (χ0v) is 11.0. The van der Waals surface area contributed by atoms with Gasteiger partial charge in [-0.25, -0.2) is 12.8 Å². The van der Waals surface area contributed by atoms with E-state index in [0.717, 1.165) is 10.4 Å². The number of hydrogen-bond acceptors (Lipinski definition) is 4. The molecule has 0 bridgehead atoms. The average Bonchev–Trinajstić information content (AvgIpc) is 2.85. The molecular formula is C12H13FN2O3S. The summed E-state index contributed by atoms with van der Waals surface area (Å²) in [6.07, 6.45) is 1.46. The second-order valence-corrected chi connectivity index (χ2v) is 6.07. The highest BCUT2D eigenvalue weighted by Crippen LogP contribution is 2.20. The maximum Gasteiger partial charge on any atom is 0.243 e. The molecule has 0 amide bonds. The molecule has 0 atom stereocenters. The molecule has 0 spiro atoms. The number of nitrogen functional groups attached to an aromatic ring is 1. The Morgan fingerprint density at radius 3 is 2.68 bits per heavy atom. The Labute approximate surface area is 110 Å². The van der Waals surface area contributed by atoms with Crippen molar-refractivity contribution in [3.8, 4) is 0 Å². The molecule has 7 heteroatoms. The van der Waals surface area contributed by atoms with Crippen molar-refractivity contribution in [2.45, 2.75) is 11.4 Å². The molecule has 0 unspecified atom stereocenters. The van der Waals surface area contributed by atoms with Gasteiger partial charge in [-0.3, -0.25) is 0 Å². The predicted octanol–water partition coefficient (Wildman–Crippen LogP) is 1.82. The van der Waals surface area contributed by atoms with Crippen LogP contribution in [0.25, 0.3) is 0 Å². The summed E-state index contributed by atoms with van der Waals surface area (Å²) < 4.78 is 43.9. The first-order valence-corrected chi connectivity index (χ1v) is 6.89. The van der Waals surface area contributed by atoms with Crippen molar-refractivity contribution in [1.29, 1.82) is 0 Å². The van der Waals surface area contributed by atoms with Gasteiger partial charge in [0, 0.05) is 7.05 Å².